The maximum Gasteiger partial charge on any atom is 0.137 e. The lowest BCUT2D eigenvalue weighted by molar-refractivity contribution is 0.591. The van der Waals surface area contributed by atoms with Gasteiger partial charge in [-0.3, -0.25) is 0 Å². The molecule has 0 aliphatic heterocycles. The number of benzene rings is 1. The van der Waals surface area contributed by atoms with Crippen molar-refractivity contribution in [1.82, 2.24) is 4.98 Å². The molecule has 1 heterocycles. The van der Waals surface area contributed by atoms with Crippen LogP contribution < -0.4 is 5.73 Å². The lowest BCUT2D eigenvalue weighted by Crippen LogP contribution is -2.07. The third kappa shape index (κ3) is 3.33. The Hall–Kier alpha value is -1.39. The number of aryl methyl sites for hydroxylation is 2. The Balaban J connectivity index is 2.42. The van der Waals surface area contributed by atoms with E-state index >= 15 is 0 Å². The minimum Gasteiger partial charge on any atom is -0.324 e. The van der Waals surface area contributed by atoms with Gasteiger partial charge in [-0.25, -0.2) is 9.37 Å². The fourth-order valence-electron chi connectivity index (χ4n) is 1.95. The number of halogens is 1. The molecule has 0 aliphatic rings. The summed E-state index contributed by atoms with van der Waals surface area (Å²) in [4.78, 5) is 4.99. The van der Waals surface area contributed by atoms with Crippen molar-refractivity contribution in [2.45, 2.75) is 36.7 Å². The molecule has 2 aromatic rings. The van der Waals surface area contributed by atoms with E-state index in [9.17, 15) is 4.39 Å². The minimum absolute atomic E-state index is 0.205. The SMILES string of the molecule is Cc1cc(C)nc(Sc2c(F)cccc2C(C)N)c1. The molecule has 0 saturated heterocycles. The van der Waals surface area contributed by atoms with Crippen LogP contribution in [-0.4, -0.2) is 4.98 Å². The molecule has 4 heteroatoms. The number of hydrogen-bond donors (Lipinski definition) is 1. The van der Waals surface area contributed by atoms with E-state index in [2.05, 4.69) is 4.98 Å². The van der Waals surface area contributed by atoms with Crippen LogP contribution in [0.1, 0.15) is 29.8 Å². The van der Waals surface area contributed by atoms with Gasteiger partial charge in [0, 0.05) is 11.7 Å². The number of rotatable bonds is 3. The van der Waals surface area contributed by atoms with Crippen molar-refractivity contribution in [2.24, 2.45) is 5.73 Å². The van der Waals surface area contributed by atoms with Crippen LogP contribution in [0.5, 0.6) is 0 Å². The highest BCUT2D eigenvalue weighted by Crippen LogP contribution is 2.34. The highest BCUT2D eigenvalue weighted by molar-refractivity contribution is 7.99. The van der Waals surface area contributed by atoms with Gasteiger partial charge >= 0.3 is 0 Å². The summed E-state index contributed by atoms with van der Waals surface area (Å²) in [5.74, 6) is -0.249. The first-order valence-corrected chi connectivity index (χ1v) is 6.96. The van der Waals surface area contributed by atoms with Crippen molar-refractivity contribution < 1.29 is 4.39 Å². The molecule has 19 heavy (non-hydrogen) atoms. The average Bonchev–Trinajstić information content (AvgIpc) is 2.30. The molecule has 100 valence electrons. The van der Waals surface area contributed by atoms with Crippen LogP contribution in [0.25, 0.3) is 0 Å². The highest BCUT2D eigenvalue weighted by Gasteiger charge is 2.14. The van der Waals surface area contributed by atoms with E-state index in [4.69, 9.17) is 5.73 Å². The van der Waals surface area contributed by atoms with E-state index in [0.29, 0.717) is 4.90 Å². The van der Waals surface area contributed by atoms with Gasteiger partial charge in [0.05, 0.1) is 4.90 Å². The second-order valence-electron chi connectivity index (χ2n) is 4.67. The van der Waals surface area contributed by atoms with Crippen LogP contribution in [0.2, 0.25) is 0 Å². The molecule has 0 fully saturated rings. The second kappa shape index (κ2) is 5.72. The van der Waals surface area contributed by atoms with Crippen molar-refractivity contribution in [2.75, 3.05) is 0 Å². The Labute approximate surface area is 117 Å². The smallest absolute Gasteiger partial charge is 0.137 e. The summed E-state index contributed by atoms with van der Waals surface area (Å²) in [6.45, 7) is 5.80. The van der Waals surface area contributed by atoms with Crippen LogP contribution in [0, 0.1) is 19.7 Å². The quantitative estimate of drug-likeness (QED) is 0.920. The van der Waals surface area contributed by atoms with Crippen LogP contribution in [0.15, 0.2) is 40.3 Å². The first-order valence-electron chi connectivity index (χ1n) is 6.14. The predicted molar refractivity (Wildman–Crippen MR) is 76.8 cm³/mol. The van der Waals surface area contributed by atoms with E-state index in [1.165, 1.54) is 17.8 Å². The molecule has 2 nitrogen and oxygen atoms in total. The fourth-order valence-corrected chi connectivity index (χ4v) is 3.13. The molecule has 0 radical (unpaired) electrons. The number of nitrogens with two attached hydrogens (primary N) is 1. The number of pyridine rings is 1. The van der Waals surface area contributed by atoms with E-state index in [-0.39, 0.29) is 11.9 Å². The minimum atomic E-state index is -0.249. The van der Waals surface area contributed by atoms with Crippen LogP contribution in [0.4, 0.5) is 4.39 Å². The van der Waals surface area contributed by atoms with Gasteiger partial charge in [0.2, 0.25) is 0 Å². The molecule has 2 N–H and O–H groups in total. The third-order valence-corrected chi connectivity index (χ3v) is 3.82. The lowest BCUT2D eigenvalue weighted by Gasteiger charge is -2.13. The molecule has 0 saturated carbocycles. The van der Waals surface area contributed by atoms with Gasteiger partial charge < -0.3 is 5.73 Å². The largest absolute Gasteiger partial charge is 0.324 e. The summed E-state index contributed by atoms with van der Waals surface area (Å²) >= 11 is 1.33. The normalized spacial score (nSPS) is 12.5. The number of nitrogens with zero attached hydrogens (tertiary/aromatic N) is 1. The molecule has 2 rings (SSSR count). The summed E-state index contributed by atoms with van der Waals surface area (Å²) < 4.78 is 14.0. The van der Waals surface area contributed by atoms with Crippen molar-refractivity contribution in [3.63, 3.8) is 0 Å². The molecule has 0 bridgehead atoms. The Bertz CT molecular complexity index is 576. The molecule has 0 aliphatic carbocycles. The Morgan fingerprint density at radius 2 is 2.00 bits per heavy atom. The van der Waals surface area contributed by atoms with Crippen LogP contribution in [-0.2, 0) is 0 Å². The van der Waals surface area contributed by atoms with Gasteiger partial charge in [0.1, 0.15) is 10.8 Å². The Kier molecular flexibility index (Phi) is 4.22. The zero-order valence-corrected chi connectivity index (χ0v) is 12.1. The summed E-state index contributed by atoms with van der Waals surface area (Å²) in [7, 11) is 0. The first-order chi connectivity index (χ1) is 8.97. The van der Waals surface area contributed by atoms with Gasteiger partial charge in [-0.15, -0.1) is 0 Å². The maximum absolute atomic E-state index is 14.0. The molecule has 1 atom stereocenters. The van der Waals surface area contributed by atoms with Crippen molar-refractivity contribution in [3.05, 3.63) is 53.0 Å². The molecule has 1 aromatic carbocycles. The fraction of sp³-hybridized carbons (Fsp3) is 0.267. The zero-order valence-electron chi connectivity index (χ0n) is 11.3. The van der Waals surface area contributed by atoms with Crippen LogP contribution in [0.3, 0.4) is 0 Å². The summed E-state index contributed by atoms with van der Waals surface area (Å²) in [6.07, 6.45) is 0. The van der Waals surface area contributed by atoms with E-state index in [0.717, 1.165) is 21.8 Å². The molecular weight excluding hydrogens is 259 g/mol. The molecule has 0 spiro atoms. The number of aromatic nitrogens is 1. The van der Waals surface area contributed by atoms with Crippen molar-refractivity contribution in [1.29, 1.82) is 0 Å². The van der Waals surface area contributed by atoms with Gasteiger partial charge in [-0.05, 0) is 50.1 Å². The lowest BCUT2D eigenvalue weighted by atomic mass is 10.1. The topological polar surface area (TPSA) is 38.9 Å². The summed E-state index contributed by atoms with van der Waals surface area (Å²) in [5.41, 5.74) is 8.76. The summed E-state index contributed by atoms with van der Waals surface area (Å²) in [5, 5.41) is 0.796. The maximum atomic E-state index is 14.0. The molecule has 1 unspecified atom stereocenters. The molecular formula is C15H17FN2S. The first kappa shape index (κ1) is 14.0. The zero-order chi connectivity index (χ0) is 14.0. The van der Waals surface area contributed by atoms with E-state index in [1.54, 1.807) is 6.07 Å². The van der Waals surface area contributed by atoms with Gasteiger partial charge in [-0.2, -0.15) is 0 Å². The Morgan fingerprint density at radius 1 is 1.26 bits per heavy atom. The van der Waals surface area contributed by atoms with Gasteiger partial charge in [0.15, 0.2) is 0 Å². The predicted octanol–water partition coefficient (Wildman–Crippen LogP) is 4.01. The van der Waals surface area contributed by atoms with Gasteiger partial charge in [-0.1, -0.05) is 23.9 Å². The van der Waals surface area contributed by atoms with E-state index in [1.807, 2.05) is 39.0 Å². The Morgan fingerprint density at radius 3 is 2.63 bits per heavy atom. The average molecular weight is 276 g/mol. The monoisotopic (exact) mass is 276 g/mol. The number of hydrogen-bond acceptors (Lipinski definition) is 3. The van der Waals surface area contributed by atoms with Crippen LogP contribution >= 0.6 is 11.8 Å². The van der Waals surface area contributed by atoms with E-state index < -0.39 is 0 Å². The highest BCUT2D eigenvalue weighted by atomic mass is 32.2. The summed E-state index contributed by atoms with van der Waals surface area (Å²) in [6, 6.07) is 8.75. The van der Waals surface area contributed by atoms with Gasteiger partial charge in [0.25, 0.3) is 0 Å². The van der Waals surface area contributed by atoms with Crippen molar-refractivity contribution >= 4 is 11.8 Å². The third-order valence-electron chi connectivity index (χ3n) is 2.77. The molecule has 1 aromatic heterocycles. The van der Waals surface area contributed by atoms with Crippen molar-refractivity contribution in [3.8, 4) is 0 Å². The second-order valence-corrected chi connectivity index (χ2v) is 5.70. The standard InChI is InChI=1S/C15H17FN2S/c1-9-7-10(2)18-14(8-9)19-15-12(11(3)17)5-4-6-13(15)16/h4-8,11H,17H2,1-3H3. The molecule has 0 amide bonds.